The van der Waals surface area contributed by atoms with Crippen molar-refractivity contribution in [1.82, 2.24) is 10.3 Å². The van der Waals surface area contributed by atoms with Gasteiger partial charge in [0.05, 0.1) is 5.69 Å². The molecule has 0 spiro atoms. The summed E-state index contributed by atoms with van der Waals surface area (Å²) in [6, 6.07) is 8.24. The van der Waals surface area contributed by atoms with Gasteiger partial charge in [-0.25, -0.2) is 0 Å². The third-order valence-electron chi connectivity index (χ3n) is 3.53. The van der Waals surface area contributed by atoms with Crippen molar-refractivity contribution in [2.75, 3.05) is 6.54 Å². The van der Waals surface area contributed by atoms with Crippen molar-refractivity contribution in [2.24, 2.45) is 0 Å². The first-order chi connectivity index (χ1) is 7.74. The van der Waals surface area contributed by atoms with Crippen LogP contribution in [0.3, 0.4) is 0 Å². The molecule has 2 heterocycles. The SMILES string of the molecule is CCC1(O)NCCc2c1[nH]c1ccccc21. The van der Waals surface area contributed by atoms with Gasteiger partial charge in [-0.2, -0.15) is 0 Å². The van der Waals surface area contributed by atoms with E-state index in [9.17, 15) is 5.11 Å². The zero-order valence-corrected chi connectivity index (χ0v) is 9.38. The predicted molar refractivity (Wildman–Crippen MR) is 64.2 cm³/mol. The summed E-state index contributed by atoms with van der Waals surface area (Å²) in [4.78, 5) is 3.35. The van der Waals surface area contributed by atoms with Crippen molar-refractivity contribution in [3.8, 4) is 0 Å². The number of benzene rings is 1. The number of aromatic amines is 1. The van der Waals surface area contributed by atoms with E-state index in [1.54, 1.807) is 0 Å². The second-order valence-electron chi connectivity index (χ2n) is 4.41. The van der Waals surface area contributed by atoms with E-state index in [4.69, 9.17) is 0 Å². The molecular weight excluding hydrogens is 200 g/mol. The van der Waals surface area contributed by atoms with Gasteiger partial charge in [0, 0.05) is 17.4 Å². The quantitative estimate of drug-likeness (QED) is 0.681. The Kier molecular flexibility index (Phi) is 2.06. The van der Waals surface area contributed by atoms with Gasteiger partial charge in [-0.1, -0.05) is 25.1 Å². The number of hydrogen-bond acceptors (Lipinski definition) is 2. The third-order valence-corrected chi connectivity index (χ3v) is 3.53. The molecule has 3 nitrogen and oxygen atoms in total. The fourth-order valence-electron chi connectivity index (χ4n) is 2.60. The van der Waals surface area contributed by atoms with Gasteiger partial charge >= 0.3 is 0 Å². The first kappa shape index (κ1) is 9.87. The molecule has 1 unspecified atom stereocenters. The van der Waals surface area contributed by atoms with Crippen molar-refractivity contribution in [1.29, 1.82) is 0 Å². The summed E-state index contributed by atoms with van der Waals surface area (Å²) in [6.45, 7) is 2.83. The first-order valence-corrected chi connectivity index (χ1v) is 5.82. The van der Waals surface area contributed by atoms with Gasteiger partial charge in [0.25, 0.3) is 0 Å². The number of hydrogen-bond donors (Lipinski definition) is 3. The van der Waals surface area contributed by atoms with Gasteiger partial charge in [0.2, 0.25) is 0 Å². The van der Waals surface area contributed by atoms with Crippen LogP contribution in [-0.2, 0) is 12.1 Å². The highest BCUT2D eigenvalue weighted by atomic mass is 16.3. The molecular formula is C13H16N2O. The fourth-order valence-corrected chi connectivity index (χ4v) is 2.60. The van der Waals surface area contributed by atoms with Crippen LogP contribution in [0.2, 0.25) is 0 Å². The van der Waals surface area contributed by atoms with E-state index in [1.165, 1.54) is 10.9 Å². The second kappa shape index (κ2) is 3.34. The molecule has 3 heteroatoms. The van der Waals surface area contributed by atoms with Crippen LogP contribution in [0.5, 0.6) is 0 Å². The number of rotatable bonds is 1. The minimum atomic E-state index is -0.882. The summed E-state index contributed by atoms with van der Waals surface area (Å²) < 4.78 is 0. The van der Waals surface area contributed by atoms with Crippen molar-refractivity contribution in [3.63, 3.8) is 0 Å². The van der Waals surface area contributed by atoms with E-state index in [1.807, 2.05) is 19.1 Å². The molecule has 0 bridgehead atoms. The zero-order chi connectivity index (χ0) is 11.2. The maximum absolute atomic E-state index is 10.5. The Morgan fingerprint density at radius 2 is 2.19 bits per heavy atom. The first-order valence-electron chi connectivity index (χ1n) is 5.82. The minimum Gasteiger partial charge on any atom is -0.370 e. The average Bonchev–Trinajstić information content (AvgIpc) is 2.70. The highest BCUT2D eigenvalue weighted by molar-refractivity contribution is 5.85. The largest absolute Gasteiger partial charge is 0.370 e. The van der Waals surface area contributed by atoms with Crippen LogP contribution >= 0.6 is 0 Å². The summed E-state index contributed by atoms with van der Waals surface area (Å²) in [7, 11) is 0. The van der Waals surface area contributed by atoms with Crippen LogP contribution in [0.1, 0.15) is 24.6 Å². The van der Waals surface area contributed by atoms with Gasteiger partial charge in [-0.05, 0) is 24.5 Å². The van der Waals surface area contributed by atoms with Crippen LogP contribution < -0.4 is 5.32 Å². The zero-order valence-electron chi connectivity index (χ0n) is 9.38. The number of aromatic nitrogens is 1. The molecule has 0 aliphatic carbocycles. The van der Waals surface area contributed by atoms with Gasteiger partial charge < -0.3 is 10.1 Å². The standard InChI is InChI=1S/C13H16N2O/c1-2-13(16)12-10(7-8-14-13)9-5-3-4-6-11(9)15-12/h3-6,14-16H,2,7-8H2,1H3. The number of aliphatic hydroxyl groups is 1. The van der Waals surface area contributed by atoms with E-state index in [2.05, 4.69) is 22.4 Å². The lowest BCUT2D eigenvalue weighted by Crippen LogP contribution is -2.46. The molecule has 0 saturated carbocycles. The Labute approximate surface area is 94.5 Å². The average molecular weight is 216 g/mol. The van der Waals surface area contributed by atoms with Crippen LogP contribution in [0, 0.1) is 0 Å². The Morgan fingerprint density at radius 3 is 3.00 bits per heavy atom. The Balaban J connectivity index is 2.29. The summed E-state index contributed by atoms with van der Waals surface area (Å²) in [5.74, 6) is 0. The summed E-state index contributed by atoms with van der Waals surface area (Å²) in [5.41, 5.74) is 2.44. The molecule has 16 heavy (non-hydrogen) atoms. The van der Waals surface area contributed by atoms with Gasteiger partial charge in [0.15, 0.2) is 5.72 Å². The fraction of sp³-hybridized carbons (Fsp3) is 0.385. The highest BCUT2D eigenvalue weighted by Crippen LogP contribution is 2.33. The number of nitrogens with one attached hydrogen (secondary N) is 2. The lowest BCUT2D eigenvalue weighted by Gasteiger charge is -2.32. The van der Waals surface area contributed by atoms with E-state index in [-0.39, 0.29) is 0 Å². The van der Waals surface area contributed by atoms with Gasteiger partial charge in [-0.15, -0.1) is 0 Å². The predicted octanol–water partition coefficient (Wildman–Crippen LogP) is 1.87. The molecule has 1 aliphatic heterocycles. The highest BCUT2D eigenvalue weighted by Gasteiger charge is 2.34. The maximum atomic E-state index is 10.5. The maximum Gasteiger partial charge on any atom is 0.157 e. The molecule has 0 amide bonds. The Morgan fingerprint density at radius 1 is 1.38 bits per heavy atom. The second-order valence-corrected chi connectivity index (χ2v) is 4.41. The van der Waals surface area contributed by atoms with E-state index in [0.29, 0.717) is 6.42 Å². The van der Waals surface area contributed by atoms with Crippen molar-refractivity contribution in [2.45, 2.75) is 25.5 Å². The molecule has 2 aromatic rings. The number of fused-ring (bicyclic) bond motifs is 3. The molecule has 3 N–H and O–H groups in total. The Bertz CT molecular complexity index is 532. The smallest absolute Gasteiger partial charge is 0.157 e. The van der Waals surface area contributed by atoms with E-state index >= 15 is 0 Å². The lowest BCUT2D eigenvalue weighted by atomic mass is 9.95. The number of para-hydroxylation sites is 1. The topological polar surface area (TPSA) is 48.0 Å². The molecule has 1 aromatic carbocycles. The van der Waals surface area contributed by atoms with Crippen molar-refractivity contribution < 1.29 is 5.11 Å². The summed E-state index contributed by atoms with van der Waals surface area (Å²) in [6.07, 6.45) is 1.65. The molecule has 3 rings (SSSR count). The molecule has 0 saturated heterocycles. The van der Waals surface area contributed by atoms with Crippen molar-refractivity contribution in [3.05, 3.63) is 35.5 Å². The van der Waals surface area contributed by atoms with Crippen LogP contribution in [0.25, 0.3) is 10.9 Å². The lowest BCUT2D eigenvalue weighted by molar-refractivity contribution is -0.0128. The van der Waals surface area contributed by atoms with Gasteiger partial charge in [-0.3, -0.25) is 5.32 Å². The molecule has 0 radical (unpaired) electrons. The minimum absolute atomic E-state index is 0.673. The van der Waals surface area contributed by atoms with Crippen LogP contribution in [-0.4, -0.2) is 16.6 Å². The van der Waals surface area contributed by atoms with Crippen molar-refractivity contribution >= 4 is 10.9 Å². The molecule has 84 valence electrons. The molecule has 1 aliphatic rings. The van der Waals surface area contributed by atoms with E-state index < -0.39 is 5.72 Å². The normalized spacial score (nSPS) is 24.6. The number of H-pyrrole nitrogens is 1. The molecule has 1 aromatic heterocycles. The Hall–Kier alpha value is -1.32. The van der Waals surface area contributed by atoms with E-state index in [0.717, 1.165) is 24.2 Å². The third kappa shape index (κ3) is 1.22. The van der Waals surface area contributed by atoms with Crippen LogP contribution in [0.4, 0.5) is 0 Å². The molecule has 0 fully saturated rings. The monoisotopic (exact) mass is 216 g/mol. The van der Waals surface area contributed by atoms with Crippen LogP contribution in [0.15, 0.2) is 24.3 Å². The summed E-state index contributed by atoms with van der Waals surface area (Å²) >= 11 is 0. The van der Waals surface area contributed by atoms with Gasteiger partial charge in [0.1, 0.15) is 0 Å². The molecule has 1 atom stereocenters. The summed E-state index contributed by atoms with van der Waals surface area (Å²) in [5, 5.41) is 14.9.